The molecule has 0 saturated carbocycles. The van der Waals surface area contributed by atoms with Crippen LogP contribution in [0.4, 0.5) is 0 Å². The van der Waals surface area contributed by atoms with Gasteiger partial charge in [-0.25, -0.2) is 4.98 Å². The summed E-state index contributed by atoms with van der Waals surface area (Å²) in [6.45, 7) is 0. The van der Waals surface area contributed by atoms with Crippen LogP contribution in [0.5, 0.6) is 0 Å². The maximum atomic E-state index is 11.1. The maximum Gasteiger partial charge on any atom is 0.174 e. The third-order valence-electron chi connectivity index (χ3n) is 1.66. The number of hydrogen-bond donors (Lipinski definition) is 0. The van der Waals surface area contributed by atoms with Crippen molar-refractivity contribution >= 4 is 17.1 Å². The van der Waals surface area contributed by atoms with E-state index in [0.717, 1.165) is 23.4 Å². The molecule has 0 fully saturated rings. The third-order valence-corrected chi connectivity index (χ3v) is 2.51. The summed E-state index contributed by atoms with van der Waals surface area (Å²) in [5, 5.41) is 0. The van der Waals surface area contributed by atoms with Gasteiger partial charge in [-0.1, -0.05) is 0 Å². The summed E-state index contributed by atoms with van der Waals surface area (Å²) < 4.78 is 0. The van der Waals surface area contributed by atoms with Gasteiger partial charge < -0.3 is 0 Å². The molecule has 1 aliphatic rings. The number of aromatic nitrogens is 1. The lowest BCUT2D eigenvalue weighted by molar-refractivity contribution is 0.0976. The first-order valence-electron chi connectivity index (χ1n) is 3.27. The Hall–Kier alpha value is -0.700. The first-order valence-corrected chi connectivity index (χ1v) is 4.08. The fraction of sp³-hybridized carbons (Fsp3) is 0.429. The minimum Gasteiger partial charge on any atom is -0.293 e. The quantitative estimate of drug-likeness (QED) is 0.563. The first kappa shape index (κ1) is 6.04. The van der Waals surface area contributed by atoms with Crippen LogP contribution in [-0.4, -0.2) is 10.8 Å². The molecule has 0 saturated heterocycles. The largest absolute Gasteiger partial charge is 0.293 e. The van der Waals surface area contributed by atoms with Crippen molar-refractivity contribution in [2.24, 2.45) is 0 Å². The van der Waals surface area contributed by atoms with E-state index >= 15 is 0 Å². The molecule has 1 aliphatic carbocycles. The van der Waals surface area contributed by atoms with Gasteiger partial charge in [0.2, 0.25) is 0 Å². The van der Waals surface area contributed by atoms with Crippen molar-refractivity contribution in [1.29, 1.82) is 0 Å². The number of Topliss-reactive ketones (excluding diaryl/α,β-unsaturated/α-hetero) is 1. The normalized spacial score (nSPS) is 17.0. The molecule has 51 valence electrons. The van der Waals surface area contributed by atoms with E-state index in [1.165, 1.54) is 11.3 Å². The van der Waals surface area contributed by atoms with E-state index in [4.69, 9.17) is 0 Å². The molecule has 1 aromatic rings. The molecular formula is C7H6NOS. The van der Waals surface area contributed by atoms with Gasteiger partial charge in [0.05, 0.1) is 10.6 Å². The highest BCUT2D eigenvalue weighted by Crippen LogP contribution is 2.22. The van der Waals surface area contributed by atoms with Crippen molar-refractivity contribution in [2.75, 3.05) is 0 Å². The maximum absolute atomic E-state index is 11.1. The summed E-state index contributed by atoms with van der Waals surface area (Å²) in [6.07, 6.45) is 2.62. The van der Waals surface area contributed by atoms with Crippen molar-refractivity contribution in [2.45, 2.75) is 19.3 Å². The van der Waals surface area contributed by atoms with Gasteiger partial charge >= 0.3 is 0 Å². The van der Waals surface area contributed by atoms with E-state index in [9.17, 15) is 4.79 Å². The first-order chi connectivity index (χ1) is 4.88. The number of ketones is 1. The molecule has 0 amide bonds. The van der Waals surface area contributed by atoms with Crippen molar-refractivity contribution in [1.82, 2.24) is 4.98 Å². The Morgan fingerprint density at radius 2 is 2.40 bits per heavy atom. The van der Waals surface area contributed by atoms with E-state index in [-0.39, 0.29) is 5.78 Å². The summed E-state index contributed by atoms with van der Waals surface area (Å²) in [7, 11) is 0. The fourth-order valence-corrected chi connectivity index (χ4v) is 1.88. The number of hydrogen-bond acceptors (Lipinski definition) is 3. The third kappa shape index (κ3) is 0.778. The molecule has 10 heavy (non-hydrogen) atoms. The molecule has 1 heterocycles. The van der Waals surface area contributed by atoms with Gasteiger partial charge in [-0.15, -0.1) is 11.3 Å². The Bertz CT molecular complexity index is 266. The summed E-state index contributed by atoms with van der Waals surface area (Å²) in [6, 6.07) is 0. The van der Waals surface area contributed by atoms with E-state index in [1.807, 2.05) is 0 Å². The monoisotopic (exact) mass is 152 g/mol. The van der Waals surface area contributed by atoms with Gasteiger partial charge in [-0.05, 0) is 12.8 Å². The number of rotatable bonds is 0. The second-order valence-electron chi connectivity index (χ2n) is 2.36. The topological polar surface area (TPSA) is 30.0 Å². The molecule has 0 aliphatic heterocycles. The zero-order valence-electron chi connectivity index (χ0n) is 5.39. The molecule has 3 heteroatoms. The zero-order valence-corrected chi connectivity index (χ0v) is 6.20. The molecule has 1 radical (unpaired) electrons. The predicted octanol–water partition coefficient (Wildman–Crippen LogP) is 1.46. The van der Waals surface area contributed by atoms with Crippen LogP contribution in [0.2, 0.25) is 0 Å². The Labute approximate surface area is 62.9 Å². The van der Waals surface area contributed by atoms with Crippen molar-refractivity contribution in [3.8, 4) is 0 Å². The van der Waals surface area contributed by atoms with E-state index < -0.39 is 0 Å². The zero-order chi connectivity index (χ0) is 6.97. The Balaban J connectivity index is 2.50. The molecule has 2 rings (SSSR count). The highest BCUT2D eigenvalue weighted by atomic mass is 32.1. The second kappa shape index (κ2) is 2.16. The lowest BCUT2D eigenvalue weighted by Gasteiger charge is -2.06. The van der Waals surface area contributed by atoms with Gasteiger partial charge in [-0.2, -0.15) is 0 Å². The highest BCUT2D eigenvalue weighted by Gasteiger charge is 2.18. The van der Waals surface area contributed by atoms with Gasteiger partial charge in [0.25, 0.3) is 0 Å². The van der Waals surface area contributed by atoms with Crippen molar-refractivity contribution in [3.05, 3.63) is 16.1 Å². The molecule has 0 unspecified atom stereocenters. The predicted molar refractivity (Wildman–Crippen MR) is 38.2 cm³/mol. The average molecular weight is 152 g/mol. The minimum absolute atomic E-state index is 0.250. The molecule has 0 spiro atoms. The summed E-state index contributed by atoms with van der Waals surface area (Å²) in [5.41, 5.74) is 3.70. The molecule has 0 bridgehead atoms. The smallest absolute Gasteiger partial charge is 0.174 e. The Kier molecular flexibility index (Phi) is 1.31. The summed E-state index contributed by atoms with van der Waals surface area (Å²) in [5.74, 6) is 0.250. The van der Waals surface area contributed by atoms with Crippen LogP contribution in [0.3, 0.4) is 0 Å². The standard InChI is InChI=1S/C7H6NOS/c9-6-3-1-2-5-7(6)10-4-8-5/h1-3H2. The number of carbonyl (C=O) groups excluding carboxylic acids is 1. The summed E-state index contributed by atoms with van der Waals surface area (Å²) in [4.78, 5) is 15.9. The van der Waals surface area contributed by atoms with Crippen LogP contribution in [0.1, 0.15) is 28.2 Å². The van der Waals surface area contributed by atoms with Crippen LogP contribution in [0.25, 0.3) is 0 Å². The van der Waals surface area contributed by atoms with Crippen LogP contribution in [0, 0.1) is 5.51 Å². The molecule has 0 aromatic carbocycles. The number of nitrogens with zero attached hydrogens (tertiary/aromatic N) is 1. The molecule has 2 nitrogen and oxygen atoms in total. The lowest BCUT2D eigenvalue weighted by atomic mass is 10.0. The second-order valence-corrected chi connectivity index (χ2v) is 3.15. The number of thiazole rings is 1. The molecular weight excluding hydrogens is 146 g/mol. The summed E-state index contributed by atoms with van der Waals surface area (Å²) >= 11 is 1.35. The van der Waals surface area contributed by atoms with E-state index in [2.05, 4.69) is 10.5 Å². The minimum atomic E-state index is 0.250. The molecule has 0 atom stereocenters. The van der Waals surface area contributed by atoms with Crippen LogP contribution in [-0.2, 0) is 6.42 Å². The lowest BCUT2D eigenvalue weighted by Crippen LogP contribution is -2.07. The van der Waals surface area contributed by atoms with Crippen molar-refractivity contribution < 1.29 is 4.79 Å². The average Bonchev–Trinajstić information content (AvgIpc) is 2.36. The Morgan fingerprint density at radius 1 is 1.50 bits per heavy atom. The SMILES string of the molecule is O=C1CCCc2n[c]sc21. The van der Waals surface area contributed by atoms with Crippen LogP contribution < -0.4 is 0 Å². The fourth-order valence-electron chi connectivity index (χ4n) is 1.15. The van der Waals surface area contributed by atoms with Crippen LogP contribution in [0.15, 0.2) is 0 Å². The van der Waals surface area contributed by atoms with E-state index in [1.54, 1.807) is 0 Å². The van der Waals surface area contributed by atoms with Crippen molar-refractivity contribution in [3.63, 3.8) is 0 Å². The van der Waals surface area contributed by atoms with Gasteiger partial charge in [0.15, 0.2) is 11.3 Å². The number of aryl methyl sites for hydroxylation is 1. The van der Waals surface area contributed by atoms with Crippen LogP contribution >= 0.6 is 11.3 Å². The molecule has 1 aromatic heterocycles. The number of fused-ring (bicyclic) bond motifs is 1. The highest BCUT2D eigenvalue weighted by molar-refractivity contribution is 7.11. The van der Waals surface area contributed by atoms with Gasteiger partial charge in [0.1, 0.15) is 0 Å². The Morgan fingerprint density at radius 3 is 3.20 bits per heavy atom. The van der Waals surface area contributed by atoms with Gasteiger partial charge in [-0.3, -0.25) is 4.79 Å². The van der Waals surface area contributed by atoms with E-state index in [0.29, 0.717) is 6.42 Å². The van der Waals surface area contributed by atoms with Gasteiger partial charge in [0, 0.05) is 6.42 Å². The molecule has 0 N–H and O–H groups in total. The number of carbonyl (C=O) groups is 1.